The molecular formula is C46H70O10. The van der Waals surface area contributed by atoms with Crippen molar-refractivity contribution in [2.24, 2.45) is 33.5 Å². The van der Waals surface area contributed by atoms with E-state index in [-0.39, 0.29) is 25.2 Å². The van der Waals surface area contributed by atoms with Gasteiger partial charge in [-0.25, -0.2) is 0 Å². The summed E-state index contributed by atoms with van der Waals surface area (Å²) in [6.07, 6.45) is 4.89. The van der Waals surface area contributed by atoms with Crippen molar-refractivity contribution in [2.75, 3.05) is 13.7 Å². The van der Waals surface area contributed by atoms with Crippen LogP contribution in [0.2, 0.25) is 0 Å². The summed E-state index contributed by atoms with van der Waals surface area (Å²) in [5.74, 6) is -2.30. The minimum atomic E-state index is -1.30. The molecule has 2 fully saturated rings. The number of methoxy groups -OCH3 is 1. The lowest BCUT2D eigenvalue weighted by molar-refractivity contribution is -0.200. The molecule has 1 saturated carbocycles. The normalized spacial score (nSPS) is 23.6. The van der Waals surface area contributed by atoms with Crippen molar-refractivity contribution in [3.63, 3.8) is 0 Å². The Morgan fingerprint density at radius 2 is 1.34 bits per heavy atom. The number of carboxylic acids is 1. The number of carboxylic acid groups (broad SMARTS) is 1. The Morgan fingerprint density at radius 1 is 0.768 bits per heavy atom. The highest BCUT2D eigenvalue weighted by Crippen LogP contribution is 2.48. The first-order valence-corrected chi connectivity index (χ1v) is 20.6. The van der Waals surface area contributed by atoms with Gasteiger partial charge in [0.2, 0.25) is 6.29 Å². The number of benzene rings is 2. The molecule has 7 atom stereocenters. The van der Waals surface area contributed by atoms with Gasteiger partial charge in [0.15, 0.2) is 0 Å². The third-order valence-electron chi connectivity index (χ3n) is 12.5. The summed E-state index contributed by atoms with van der Waals surface area (Å²) in [5.41, 5.74) is -5.55. The first kappa shape index (κ1) is 46.9. The lowest BCUT2D eigenvalue weighted by Gasteiger charge is -2.44. The average molecular weight is 783 g/mol. The van der Waals surface area contributed by atoms with E-state index in [9.17, 15) is 29.4 Å². The molecule has 4 rings (SSSR count). The molecule has 10 heteroatoms. The molecule has 7 unspecified atom stereocenters. The summed E-state index contributed by atoms with van der Waals surface area (Å²) < 4.78 is 22.9. The molecule has 1 aliphatic heterocycles. The molecule has 2 aliphatic rings. The first-order valence-electron chi connectivity index (χ1n) is 20.6. The van der Waals surface area contributed by atoms with Crippen LogP contribution in [0.25, 0.3) is 10.8 Å². The van der Waals surface area contributed by atoms with E-state index in [0.29, 0.717) is 44.6 Å². The van der Waals surface area contributed by atoms with Crippen LogP contribution in [0.15, 0.2) is 48.5 Å². The van der Waals surface area contributed by atoms with Crippen LogP contribution in [0.5, 0.6) is 0 Å². The number of carbonyl (C=O) groups excluding carboxylic acids is 3. The van der Waals surface area contributed by atoms with Crippen LogP contribution in [-0.2, 0) is 38.1 Å². The monoisotopic (exact) mass is 782 g/mol. The number of fused-ring (bicyclic) bond motifs is 1. The predicted molar refractivity (Wildman–Crippen MR) is 217 cm³/mol. The maximum atomic E-state index is 13.9. The van der Waals surface area contributed by atoms with Crippen molar-refractivity contribution in [3.8, 4) is 0 Å². The second kappa shape index (κ2) is 19.8. The molecule has 0 radical (unpaired) electrons. The Bertz CT molecular complexity index is 1550. The number of ether oxygens (including phenoxy) is 4. The molecule has 314 valence electrons. The smallest absolute Gasteiger partial charge is 0.314 e. The highest BCUT2D eigenvalue weighted by Gasteiger charge is 2.52. The lowest BCUT2D eigenvalue weighted by Crippen LogP contribution is -2.49. The zero-order valence-corrected chi connectivity index (χ0v) is 35.8. The quantitative estimate of drug-likeness (QED) is 0.125. The molecule has 2 aromatic carbocycles. The van der Waals surface area contributed by atoms with Gasteiger partial charge < -0.3 is 29.2 Å². The van der Waals surface area contributed by atoms with E-state index in [2.05, 4.69) is 55.5 Å². The van der Waals surface area contributed by atoms with Crippen LogP contribution >= 0.6 is 0 Å². The molecule has 56 heavy (non-hydrogen) atoms. The fourth-order valence-electron chi connectivity index (χ4n) is 8.74. The molecular weight excluding hydrogens is 712 g/mol. The van der Waals surface area contributed by atoms with Crippen molar-refractivity contribution >= 4 is 34.6 Å². The van der Waals surface area contributed by atoms with Gasteiger partial charge in [0, 0.05) is 12.3 Å². The number of aliphatic hydroxyl groups excluding tert-OH is 1. The van der Waals surface area contributed by atoms with E-state index in [1.807, 2.05) is 20.8 Å². The van der Waals surface area contributed by atoms with Gasteiger partial charge in [-0.05, 0) is 123 Å². The maximum Gasteiger partial charge on any atom is 0.314 e. The fraction of sp³-hybridized carbons (Fsp3) is 0.696. The number of hydrogen-bond acceptors (Lipinski definition) is 9. The topological polar surface area (TPSA) is 146 Å². The number of aliphatic carboxylic acids is 1. The van der Waals surface area contributed by atoms with Gasteiger partial charge in [0.05, 0.1) is 41.5 Å². The van der Waals surface area contributed by atoms with Gasteiger partial charge in [-0.15, -0.1) is 0 Å². The van der Waals surface area contributed by atoms with Crippen molar-refractivity contribution in [3.05, 3.63) is 48.5 Å². The predicted octanol–water partition coefficient (Wildman–Crippen LogP) is 9.68. The zero-order valence-electron chi connectivity index (χ0n) is 35.8. The van der Waals surface area contributed by atoms with Gasteiger partial charge in [0.25, 0.3) is 0 Å². The SMILES string of the molecule is CCC(C)(CCCC(C)(CC(C)(CC(C)(C)C(=O)OC(C)(C)C1CCC(C)CC1O)C(=O)OC)C(=O)OC1CCCCO1)C(=O)O.c1ccc2ccccc2c1. The molecule has 0 bridgehead atoms. The third-order valence-corrected chi connectivity index (χ3v) is 12.5. The van der Waals surface area contributed by atoms with Gasteiger partial charge in [-0.1, -0.05) is 75.2 Å². The summed E-state index contributed by atoms with van der Waals surface area (Å²) in [6, 6.07) is 16.7. The second-order valence-corrected chi connectivity index (χ2v) is 18.6. The van der Waals surface area contributed by atoms with E-state index in [0.717, 1.165) is 25.7 Å². The number of esters is 3. The Balaban J connectivity index is 0.000000716. The van der Waals surface area contributed by atoms with Crippen molar-refractivity contribution < 1.29 is 48.3 Å². The molecule has 1 aliphatic carbocycles. The maximum absolute atomic E-state index is 13.9. The van der Waals surface area contributed by atoms with Crippen LogP contribution in [0.3, 0.4) is 0 Å². The Morgan fingerprint density at radius 3 is 1.82 bits per heavy atom. The van der Waals surface area contributed by atoms with Gasteiger partial charge in [-0.2, -0.15) is 0 Å². The molecule has 1 heterocycles. The lowest BCUT2D eigenvalue weighted by atomic mass is 9.64. The summed E-state index contributed by atoms with van der Waals surface area (Å²) in [5, 5.41) is 23.2. The van der Waals surface area contributed by atoms with E-state index in [4.69, 9.17) is 18.9 Å². The summed E-state index contributed by atoms with van der Waals surface area (Å²) >= 11 is 0. The Labute approximate surface area is 335 Å². The first-order chi connectivity index (χ1) is 26.1. The van der Waals surface area contributed by atoms with Gasteiger partial charge in [-0.3, -0.25) is 19.2 Å². The van der Waals surface area contributed by atoms with Crippen LogP contribution in [-0.4, -0.2) is 65.8 Å². The van der Waals surface area contributed by atoms with Crippen LogP contribution < -0.4 is 0 Å². The fourth-order valence-corrected chi connectivity index (χ4v) is 8.74. The summed E-state index contributed by atoms with van der Waals surface area (Å²) in [6.45, 7) is 16.6. The second-order valence-electron chi connectivity index (χ2n) is 18.6. The minimum Gasteiger partial charge on any atom is -0.481 e. The summed E-state index contributed by atoms with van der Waals surface area (Å²) in [7, 11) is 1.28. The molecule has 0 spiro atoms. The summed E-state index contributed by atoms with van der Waals surface area (Å²) in [4.78, 5) is 53.2. The Hall–Kier alpha value is -3.50. The molecule has 0 amide bonds. The van der Waals surface area contributed by atoms with Crippen molar-refractivity contribution in [2.45, 2.75) is 157 Å². The number of hydrogen-bond donors (Lipinski definition) is 2. The zero-order chi connectivity index (χ0) is 42.0. The molecule has 0 aromatic heterocycles. The van der Waals surface area contributed by atoms with Crippen LogP contribution in [0.1, 0.15) is 139 Å². The number of carbonyl (C=O) groups is 4. The van der Waals surface area contributed by atoms with E-state index in [1.165, 1.54) is 17.9 Å². The highest BCUT2D eigenvalue weighted by molar-refractivity contribution is 5.83. The average Bonchev–Trinajstić information content (AvgIpc) is 3.14. The van der Waals surface area contributed by atoms with Crippen molar-refractivity contribution in [1.82, 2.24) is 0 Å². The van der Waals surface area contributed by atoms with E-state index >= 15 is 0 Å². The number of aliphatic hydroxyl groups is 1. The van der Waals surface area contributed by atoms with E-state index < -0.39 is 63.5 Å². The molecule has 10 nitrogen and oxygen atoms in total. The molecule has 2 N–H and O–H groups in total. The van der Waals surface area contributed by atoms with Gasteiger partial charge >= 0.3 is 23.9 Å². The highest BCUT2D eigenvalue weighted by atomic mass is 16.7. The van der Waals surface area contributed by atoms with Crippen molar-refractivity contribution in [1.29, 1.82) is 0 Å². The standard InChI is InChI=1S/C36H62O10.C10H8/c1-11-34(7,28(38)39)18-14-19-35(8,31(42)45-27-15-12-13-20-44-27)23-36(9,30(41)43-10)22-32(3,4)29(40)46-33(5,6)25-17-16-24(2)21-26(25)37;1-2-6-10-8-4-3-7-9(10)5-1/h24-27,37H,11-23H2,1-10H3,(H,38,39);1-8H. The van der Waals surface area contributed by atoms with E-state index in [1.54, 1.807) is 34.6 Å². The molecule has 1 saturated heterocycles. The minimum absolute atomic E-state index is 0.00741. The number of rotatable bonds is 16. The van der Waals surface area contributed by atoms with Crippen LogP contribution in [0, 0.1) is 33.5 Å². The third kappa shape index (κ3) is 12.5. The Kier molecular flexibility index (Phi) is 16.6. The molecule has 2 aromatic rings. The van der Waals surface area contributed by atoms with Gasteiger partial charge in [0.1, 0.15) is 5.60 Å². The largest absolute Gasteiger partial charge is 0.481 e. The van der Waals surface area contributed by atoms with Crippen LogP contribution in [0.4, 0.5) is 0 Å².